The van der Waals surface area contributed by atoms with Crippen molar-refractivity contribution in [3.05, 3.63) is 48.5 Å². The van der Waals surface area contributed by atoms with Crippen molar-refractivity contribution < 1.29 is 23.9 Å². The molecule has 0 aliphatic heterocycles. The van der Waals surface area contributed by atoms with Crippen LogP contribution in [0.15, 0.2) is 48.5 Å². The third kappa shape index (κ3) is 5.82. The van der Waals surface area contributed by atoms with Crippen LogP contribution < -0.4 is 20.7 Å². The maximum atomic E-state index is 12.1. The average Bonchev–Trinajstić information content (AvgIpc) is 2.60. The predicted molar refractivity (Wildman–Crippen MR) is 97.3 cm³/mol. The molecule has 8 heteroatoms. The third-order valence-electron chi connectivity index (χ3n) is 3.13. The van der Waals surface area contributed by atoms with Crippen LogP contribution in [0.1, 0.15) is 6.92 Å². The molecular weight excluding hydrogens is 338 g/mol. The van der Waals surface area contributed by atoms with E-state index in [1.54, 1.807) is 48.5 Å². The molecule has 0 saturated heterocycles. The summed E-state index contributed by atoms with van der Waals surface area (Å²) in [5.74, 6) is -0.260. The molecule has 136 valence electrons. The number of carbonyl (C=O) groups is 3. The quantitative estimate of drug-likeness (QED) is 0.737. The fourth-order valence-electron chi connectivity index (χ4n) is 2.08. The Hall–Kier alpha value is -3.55. The van der Waals surface area contributed by atoms with E-state index < -0.39 is 12.0 Å². The summed E-state index contributed by atoms with van der Waals surface area (Å²) in [6.45, 7) is 1.14. The number of benzene rings is 2. The van der Waals surface area contributed by atoms with Gasteiger partial charge in [0.2, 0.25) is 5.91 Å². The Morgan fingerprint density at radius 2 is 1.62 bits per heavy atom. The molecule has 0 radical (unpaired) electrons. The first-order valence-electron chi connectivity index (χ1n) is 7.72. The average molecular weight is 357 g/mol. The van der Waals surface area contributed by atoms with Crippen LogP contribution in [-0.2, 0) is 14.3 Å². The number of para-hydroxylation sites is 2. The van der Waals surface area contributed by atoms with E-state index >= 15 is 0 Å². The molecule has 0 bridgehead atoms. The molecule has 2 rings (SSSR count). The Bertz CT molecular complexity index is 807. The number of carbonyl (C=O) groups excluding carboxylic acids is 3. The van der Waals surface area contributed by atoms with E-state index in [4.69, 9.17) is 4.74 Å². The van der Waals surface area contributed by atoms with Crippen LogP contribution in [-0.4, -0.2) is 31.6 Å². The fourth-order valence-corrected chi connectivity index (χ4v) is 2.08. The lowest BCUT2D eigenvalue weighted by Gasteiger charge is -2.12. The van der Waals surface area contributed by atoms with Crippen molar-refractivity contribution >= 4 is 35.0 Å². The Labute approximate surface area is 150 Å². The minimum Gasteiger partial charge on any atom is -0.482 e. The van der Waals surface area contributed by atoms with E-state index in [1.807, 2.05) is 0 Å². The lowest BCUT2D eigenvalue weighted by molar-refractivity contribution is -0.118. The molecule has 3 N–H and O–H groups in total. The number of ether oxygens (including phenoxy) is 2. The van der Waals surface area contributed by atoms with Gasteiger partial charge >= 0.3 is 6.09 Å². The molecule has 0 unspecified atom stereocenters. The van der Waals surface area contributed by atoms with Crippen LogP contribution in [0.5, 0.6) is 5.75 Å². The maximum Gasteiger partial charge on any atom is 0.411 e. The molecule has 26 heavy (non-hydrogen) atoms. The Morgan fingerprint density at radius 3 is 2.31 bits per heavy atom. The van der Waals surface area contributed by atoms with Crippen LogP contribution in [0.3, 0.4) is 0 Å². The number of hydrogen-bond donors (Lipinski definition) is 3. The van der Waals surface area contributed by atoms with Gasteiger partial charge in [-0.15, -0.1) is 0 Å². The SMILES string of the molecule is COC(=O)Nc1ccccc1OCC(=O)Nc1cccc(NC(C)=O)c1. The highest BCUT2D eigenvalue weighted by molar-refractivity contribution is 5.94. The highest BCUT2D eigenvalue weighted by Crippen LogP contribution is 2.24. The summed E-state index contributed by atoms with van der Waals surface area (Å²) in [5, 5.41) is 7.81. The summed E-state index contributed by atoms with van der Waals surface area (Å²) in [6, 6.07) is 13.4. The van der Waals surface area contributed by atoms with Crippen molar-refractivity contribution in [2.24, 2.45) is 0 Å². The normalized spacial score (nSPS) is 9.77. The lowest BCUT2D eigenvalue weighted by Crippen LogP contribution is -2.21. The van der Waals surface area contributed by atoms with Crippen LogP contribution in [0.2, 0.25) is 0 Å². The van der Waals surface area contributed by atoms with Gasteiger partial charge in [0.25, 0.3) is 5.91 Å². The van der Waals surface area contributed by atoms with Crippen molar-refractivity contribution in [3.8, 4) is 5.75 Å². The summed E-state index contributed by atoms with van der Waals surface area (Å²) < 4.78 is 10.00. The molecule has 0 saturated carbocycles. The van der Waals surface area contributed by atoms with Gasteiger partial charge in [0.15, 0.2) is 6.61 Å². The van der Waals surface area contributed by atoms with Gasteiger partial charge in [-0.3, -0.25) is 14.9 Å². The molecule has 0 aliphatic carbocycles. The van der Waals surface area contributed by atoms with Gasteiger partial charge in [0, 0.05) is 18.3 Å². The van der Waals surface area contributed by atoms with E-state index in [1.165, 1.54) is 14.0 Å². The zero-order valence-electron chi connectivity index (χ0n) is 14.4. The Balaban J connectivity index is 1.95. The highest BCUT2D eigenvalue weighted by atomic mass is 16.5. The van der Waals surface area contributed by atoms with E-state index in [2.05, 4.69) is 20.7 Å². The minimum atomic E-state index is -0.639. The predicted octanol–water partition coefficient (Wildman–Crippen LogP) is 2.84. The van der Waals surface area contributed by atoms with Gasteiger partial charge in [-0.25, -0.2) is 4.79 Å². The summed E-state index contributed by atoms with van der Waals surface area (Å²) in [7, 11) is 1.25. The topological polar surface area (TPSA) is 106 Å². The van der Waals surface area contributed by atoms with E-state index in [0.29, 0.717) is 22.8 Å². The molecule has 0 atom stereocenters. The molecule has 0 aliphatic rings. The van der Waals surface area contributed by atoms with Gasteiger partial charge in [0.1, 0.15) is 5.75 Å². The fraction of sp³-hybridized carbons (Fsp3) is 0.167. The molecule has 0 heterocycles. The van der Waals surface area contributed by atoms with Crippen LogP contribution in [0.25, 0.3) is 0 Å². The maximum absolute atomic E-state index is 12.1. The van der Waals surface area contributed by atoms with Gasteiger partial charge < -0.3 is 20.1 Å². The summed E-state index contributed by atoms with van der Waals surface area (Å²) in [5.41, 5.74) is 1.48. The number of nitrogens with one attached hydrogen (secondary N) is 3. The monoisotopic (exact) mass is 357 g/mol. The van der Waals surface area contributed by atoms with Gasteiger partial charge in [-0.1, -0.05) is 18.2 Å². The van der Waals surface area contributed by atoms with Gasteiger partial charge in [-0.05, 0) is 30.3 Å². The smallest absolute Gasteiger partial charge is 0.411 e. The molecule has 2 aromatic carbocycles. The molecule has 0 fully saturated rings. The van der Waals surface area contributed by atoms with E-state index in [0.717, 1.165) is 0 Å². The van der Waals surface area contributed by atoms with Crippen molar-refractivity contribution in [2.75, 3.05) is 29.7 Å². The van der Waals surface area contributed by atoms with Crippen LogP contribution in [0, 0.1) is 0 Å². The number of hydrogen-bond acceptors (Lipinski definition) is 5. The first-order valence-corrected chi connectivity index (χ1v) is 7.72. The minimum absolute atomic E-state index is 0.202. The number of rotatable bonds is 6. The van der Waals surface area contributed by atoms with E-state index in [-0.39, 0.29) is 12.5 Å². The molecule has 0 aromatic heterocycles. The zero-order valence-corrected chi connectivity index (χ0v) is 14.4. The van der Waals surface area contributed by atoms with Crippen molar-refractivity contribution in [1.82, 2.24) is 0 Å². The van der Waals surface area contributed by atoms with E-state index in [9.17, 15) is 14.4 Å². The molecular formula is C18H19N3O5. The summed E-state index contributed by atoms with van der Waals surface area (Å²) >= 11 is 0. The number of anilines is 3. The molecule has 0 spiro atoms. The van der Waals surface area contributed by atoms with Crippen LogP contribution in [0.4, 0.5) is 21.9 Å². The van der Waals surface area contributed by atoms with Crippen molar-refractivity contribution in [3.63, 3.8) is 0 Å². The Kier molecular flexibility index (Phi) is 6.55. The van der Waals surface area contributed by atoms with Gasteiger partial charge in [-0.2, -0.15) is 0 Å². The van der Waals surface area contributed by atoms with Crippen LogP contribution >= 0.6 is 0 Å². The zero-order chi connectivity index (χ0) is 18.9. The second-order valence-corrected chi connectivity index (χ2v) is 5.21. The molecule has 3 amide bonds. The second kappa shape index (κ2) is 9.07. The standard InChI is InChI=1S/C18H19N3O5/c1-12(22)19-13-6-5-7-14(10-13)20-17(23)11-26-16-9-4-3-8-15(16)21-18(24)25-2/h3-10H,11H2,1-2H3,(H,19,22)(H,20,23)(H,21,24). The first-order chi connectivity index (χ1) is 12.5. The molecule has 2 aromatic rings. The molecule has 8 nitrogen and oxygen atoms in total. The third-order valence-corrected chi connectivity index (χ3v) is 3.13. The summed E-state index contributed by atoms with van der Waals surface area (Å²) in [6.07, 6.45) is -0.639. The highest BCUT2D eigenvalue weighted by Gasteiger charge is 2.10. The first kappa shape index (κ1) is 18.8. The Morgan fingerprint density at radius 1 is 0.923 bits per heavy atom. The number of amides is 3. The largest absolute Gasteiger partial charge is 0.482 e. The van der Waals surface area contributed by atoms with Gasteiger partial charge in [0.05, 0.1) is 12.8 Å². The van der Waals surface area contributed by atoms with Crippen molar-refractivity contribution in [1.29, 1.82) is 0 Å². The van der Waals surface area contributed by atoms with Crippen molar-refractivity contribution in [2.45, 2.75) is 6.92 Å². The summed E-state index contributed by atoms with van der Waals surface area (Å²) in [4.78, 5) is 34.5. The number of methoxy groups -OCH3 is 1. The second-order valence-electron chi connectivity index (χ2n) is 5.21. The lowest BCUT2D eigenvalue weighted by atomic mass is 10.2.